The van der Waals surface area contributed by atoms with Crippen molar-refractivity contribution in [3.05, 3.63) is 48.0 Å². The lowest BCUT2D eigenvalue weighted by Crippen LogP contribution is -2.13. The summed E-state index contributed by atoms with van der Waals surface area (Å²) in [6.45, 7) is 1.85. The number of hydrogen-bond acceptors (Lipinski definition) is 5. The molecule has 25 heavy (non-hydrogen) atoms. The minimum atomic E-state index is -0.314. The van der Waals surface area contributed by atoms with E-state index >= 15 is 0 Å². The summed E-state index contributed by atoms with van der Waals surface area (Å²) in [4.78, 5) is 17.1. The van der Waals surface area contributed by atoms with Gasteiger partial charge in [-0.2, -0.15) is 0 Å². The number of nitrogens with zero attached hydrogens (tertiary/aromatic N) is 2. The monoisotopic (exact) mass is 341 g/mol. The quantitative estimate of drug-likeness (QED) is 0.772. The van der Waals surface area contributed by atoms with E-state index in [2.05, 4.69) is 10.3 Å². The van der Waals surface area contributed by atoms with Crippen LogP contribution in [0.5, 0.6) is 17.2 Å². The molecule has 0 fully saturated rings. The highest BCUT2D eigenvalue weighted by Crippen LogP contribution is 2.40. The van der Waals surface area contributed by atoms with E-state index in [9.17, 15) is 4.79 Å². The molecule has 0 radical (unpaired) electrons. The number of anilines is 1. The van der Waals surface area contributed by atoms with E-state index in [-0.39, 0.29) is 5.91 Å². The van der Waals surface area contributed by atoms with Crippen molar-refractivity contribution in [2.24, 2.45) is 0 Å². The summed E-state index contributed by atoms with van der Waals surface area (Å²) in [5.41, 5.74) is 1.62. The van der Waals surface area contributed by atoms with Crippen LogP contribution in [0.25, 0.3) is 5.52 Å². The second-order valence-electron chi connectivity index (χ2n) is 5.33. The zero-order valence-electron chi connectivity index (χ0n) is 14.5. The molecule has 1 N–H and O–H groups in total. The molecule has 0 saturated heterocycles. The van der Waals surface area contributed by atoms with Crippen LogP contribution in [0.3, 0.4) is 0 Å². The van der Waals surface area contributed by atoms with Crippen LogP contribution in [0.4, 0.5) is 5.69 Å². The molecule has 1 amide bonds. The Kier molecular flexibility index (Phi) is 4.47. The van der Waals surface area contributed by atoms with Gasteiger partial charge < -0.3 is 23.9 Å². The van der Waals surface area contributed by atoms with Crippen LogP contribution in [0.1, 0.15) is 16.3 Å². The average molecular weight is 341 g/mol. The fourth-order valence-corrected chi connectivity index (χ4v) is 2.70. The number of aryl methyl sites for hydroxylation is 1. The fraction of sp³-hybridized carbons (Fsp3) is 0.222. The molecule has 0 saturated carbocycles. The third kappa shape index (κ3) is 2.96. The number of carbonyl (C=O) groups excluding carboxylic acids is 1. The van der Waals surface area contributed by atoms with Gasteiger partial charge in [0, 0.05) is 24.0 Å². The SMILES string of the molecule is COc1cc(NC(=O)c2nc(C)n3ccccc23)cc(OC)c1OC. The molecule has 2 heterocycles. The molecule has 7 nitrogen and oxygen atoms in total. The first-order chi connectivity index (χ1) is 12.1. The summed E-state index contributed by atoms with van der Waals surface area (Å²) in [7, 11) is 4.57. The Morgan fingerprint density at radius 3 is 2.36 bits per heavy atom. The van der Waals surface area contributed by atoms with Gasteiger partial charge in [-0.05, 0) is 19.1 Å². The number of pyridine rings is 1. The number of benzene rings is 1. The minimum Gasteiger partial charge on any atom is -0.493 e. The smallest absolute Gasteiger partial charge is 0.276 e. The number of ether oxygens (including phenoxy) is 3. The molecule has 0 aliphatic carbocycles. The summed E-state index contributed by atoms with van der Waals surface area (Å²) < 4.78 is 17.8. The number of carbonyl (C=O) groups is 1. The number of imidazole rings is 1. The van der Waals surface area contributed by atoms with Crippen molar-refractivity contribution in [3.8, 4) is 17.2 Å². The van der Waals surface area contributed by atoms with Crippen molar-refractivity contribution in [1.82, 2.24) is 9.38 Å². The van der Waals surface area contributed by atoms with E-state index in [1.165, 1.54) is 21.3 Å². The molecule has 7 heteroatoms. The van der Waals surface area contributed by atoms with Crippen molar-refractivity contribution < 1.29 is 19.0 Å². The maximum absolute atomic E-state index is 12.7. The van der Waals surface area contributed by atoms with E-state index < -0.39 is 0 Å². The van der Waals surface area contributed by atoms with Gasteiger partial charge in [-0.15, -0.1) is 0 Å². The summed E-state index contributed by atoms with van der Waals surface area (Å²) >= 11 is 0. The van der Waals surface area contributed by atoms with Crippen LogP contribution in [0.15, 0.2) is 36.5 Å². The van der Waals surface area contributed by atoms with Crippen LogP contribution < -0.4 is 19.5 Å². The van der Waals surface area contributed by atoms with E-state index in [0.29, 0.717) is 28.6 Å². The van der Waals surface area contributed by atoms with E-state index in [1.54, 1.807) is 12.1 Å². The predicted octanol–water partition coefficient (Wildman–Crippen LogP) is 2.92. The van der Waals surface area contributed by atoms with Gasteiger partial charge in [0.05, 0.1) is 26.8 Å². The number of amides is 1. The van der Waals surface area contributed by atoms with Crippen molar-refractivity contribution in [1.29, 1.82) is 0 Å². The maximum atomic E-state index is 12.7. The number of aromatic nitrogens is 2. The van der Waals surface area contributed by atoms with Crippen molar-refractivity contribution in [2.75, 3.05) is 26.6 Å². The molecule has 2 aromatic heterocycles. The molecule has 0 aliphatic heterocycles. The van der Waals surface area contributed by atoms with Gasteiger partial charge in [0.1, 0.15) is 5.82 Å². The first-order valence-corrected chi connectivity index (χ1v) is 7.64. The topological polar surface area (TPSA) is 74.1 Å². The largest absolute Gasteiger partial charge is 0.493 e. The van der Waals surface area contributed by atoms with Crippen LogP contribution in [0, 0.1) is 6.92 Å². The second kappa shape index (κ2) is 6.72. The fourth-order valence-electron chi connectivity index (χ4n) is 2.70. The van der Waals surface area contributed by atoms with Crippen LogP contribution in [0.2, 0.25) is 0 Å². The second-order valence-corrected chi connectivity index (χ2v) is 5.33. The highest BCUT2D eigenvalue weighted by molar-refractivity contribution is 6.07. The molecule has 0 aliphatic rings. The molecule has 3 aromatic rings. The molecule has 1 aromatic carbocycles. The molecular weight excluding hydrogens is 322 g/mol. The molecule has 0 unspecified atom stereocenters. The van der Waals surface area contributed by atoms with E-state index in [4.69, 9.17) is 14.2 Å². The normalized spacial score (nSPS) is 10.6. The Bertz CT molecular complexity index is 908. The first kappa shape index (κ1) is 16.6. The Labute approximate surface area is 145 Å². The van der Waals surface area contributed by atoms with E-state index in [0.717, 1.165) is 11.3 Å². The summed E-state index contributed by atoms with van der Waals surface area (Å²) in [5.74, 6) is 1.81. The number of rotatable bonds is 5. The van der Waals surface area contributed by atoms with Gasteiger partial charge in [-0.25, -0.2) is 4.98 Å². The Morgan fingerprint density at radius 2 is 1.76 bits per heavy atom. The van der Waals surface area contributed by atoms with Gasteiger partial charge in [-0.1, -0.05) is 6.07 Å². The van der Waals surface area contributed by atoms with Gasteiger partial charge in [-0.3, -0.25) is 4.79 Å². The zero-order chi connectivity index (χ0) is 18.0. The summed E-state index contributed by atoms with van der Waals surface area (Å²) in [6.07, 6.45) is 1.87. The maximum Gasteiger partial charge on any atom is 0.276 e. The third-order valence-electron chi connectivity index (χ3n) is 3.86. The highest BCUT2D eigenvalue weighted by Gasteiger charge is 2.18. The predicted molar refractivity (Wildman–Crippen MR) is 94.0 cm³/mol. The Morgan fingerprint density at radius 1 is 1.08 bits per heavy atom. The van der Waals surface area contributed by atoms with Crippen LogP contribution in [-0.2, 0) is 0 Å². The first-order valence-electron chi connectivity index (χ1n) is 7.64. The molecule has 0 bridgehead atoms. The van der Waals surface area contributed by atoms with Crippen molar-refractivity contribution in [2.45, 2.75) is 6.92 Å². The summed E-state index contributed by atoms with van der Waals surface area (Å²) in [6, 6.07) is 8.95. The lowest BCUT2D eigenvalue weighted by molar-refractivity contribution is 0.102. The van der Waals surface area contributed by atoms with Crippen LogP contribution in [-0.4, -0.2) is 36.6 Å². The molecular formula is C18H19N3O4. The average Bonchev–Trinajstić information content (AvgIpc) is 2.98. The number of hydrogen-bond donors (Lipinski definition) is 1. The zero-order valence-corrected chi connectivity index (χ0v) is 14.5. The lowest BCUT2D eigenvalue weighted by atomic mass is 10.2. The lowest BCUT2D eigenvalue weighted by Gasteiger charge is -2.14. The van der Waals surface area contributed by atoms with Gasteiger partial charge in [0.15, 0.2) is 17.2 Å². The third-order valence-corrected chi connectivity index (χ3v) is 3.86. The van der Waals surface area contributed by atoms with Gasteiger partial charge >= 0.3 is 0 Å². The molecule has 0 spiro atoms. The molecule has 0 atom stereocenters. The number of fused-ring (bicyclic) bond motifs is 1. The number of nitrogens with one attached hydrogen (secondary N) is 1. The molecule has 130 valence electrons. The van der Waals surface area contributed by atoms with Crippen molar-refractivity contribution >= 4 is 17.1 Å². The standard InChI is InChI=1S/C18H19N3O4/c1-11-19-16(13-7-5-6-8-21(11)13)18(22)20-12-9-14(23-2)17(25-4)15(10-12)24-3/h5-10H,1-4H3,(H,20,22). The Hall–Kier alpha value is -3.22. The van der Waals surface area contributed by atoms with Crippen LogP contribution >= 0.6 is 0 Å². The molecule has 3 rings (SSSR count). The van der Waals surface area contributed by atoms with Gasteiger partial charge in [0.2, 0.25) is 5.75 Å². The van der Waals surface area contributed by atoms with Crippen molar-refractivity contribution in [3.63, 3.8) is 0 Å². The highest BCUT2D eigenvalue weighted by atomic mass is 16.5. The van der Waals surface area contributed by atoms with E-state index in [1.807, 2.05) is 35.7 Å². The van der Waals surface area contributed by atoms with Gasteiger partial charge in [0.25, 0.3) is 5.91 Å². The number of methoxy groups -OCH3 is 3. The Balaban J connectivity index is 1.97. The minimum absolute atomic E-state index is 0.314. The summed E-state index contributed by atoms with van der Waals surface area (Å²) in [5, 5.41) is 2.83.